The van der Waals surface area contributed by atoms with Crippen LogP contribution in [0.1, 0.15) is 30.6 Å². The van der Waals surface area contributed by atoms with Crippen LogP contribution in [0.3, 0.4) is 0 Å². The Morgan fingerprint density at radius 1 is 0.810 bits per heavy atom. The summed E-state index contributed by atoms with van der Waals surface area (Å²) in [5.41, 5.74) is 4.72. The van der Waals surface area contributed by atoms with Gasteiger partial charge in [-0.3, -0.25) is 9.59 Å². The standard InChI is InChI=1S/C34H37N5O3/c1-4-25(2)39(34(41)29-14-16-30(42-3)17-15-29)24-33(40)38-22-20-37(21-23-38)32-19-18-31(35-36-32)28-12-10-27(11-13-28)26-8-6-5-7-9-26/h5-19,25H,4,20-24H2,1-3H3. The number of anilines is 1. The van der Waals surface area contributed by atoms with Crippen LogP contribution in [-0.2, 0) is 4.79 Å². The van der Waals surface area contributed by atoms with Crippen LogP contribution in [-0.4, -0.2) is 77.7 Å². The summed E-state index contributed by atoms with van der Waals surface area (Å²) in [6.45, 7) is 6.49. The SMILES string of the molecule is CCC(C)N(CC(=O)N1CCN(c2ccc(-c3ccc(-c4ccccc4)cc3)nn2)CC1)C(=O)c1ccc(OC)cc1. The summed E-state index contributed by atoms with van der Waals surface area (Å²) in [7, 11) is 1.59. The van der Waals surface area contributed by atoms with Gasteiger partial charge in [-0.15, -0.1) is 10.2 Å². The Labute approximate surface area is 247 Å². The number of nitrogens with zero attached hydrogens (tertiary/aromatic N) is 5. The predicted octanol–water partition coefficient (Wildman–Crippen LogP) is 5.41. The summed E-state index contributed by atoms with van der Waals surface area (Å²) in [4.78, 5) is 32.2. The van der Waals surface area contributed by atoms with Gasteiger partial charge < -0.3 is 19.4 Å². The van der Waals surface area contributed by atoms with E-state index >= 15 is 0 Å². The summed E-state index contributed by atoms with van der Waals surface area (Å²) < 4.78 is 5.21. The summed E-state index contributed by atoms with van der Waals surface area (Å²) in [6, 6.07) is 29.6. The van der Waals surface area contributed by atoms with Crippen molar-refractivity contribution in [2.24, 2.45) is 0 Å². The molecule has 0 aliphatic carbocycles. The third-order valence-electron chi connectivity index (χ3n) is 7.92. The normalized spacial score (nSPS) is 13.9. The second kappa shape index (κ2) is 13.3. The lowest BCUT2D eigenvalue weighted by atomic mass is 10.0. The molecule has 0 N–H and O–H groups in total. The molecule has 4 aromatic rings. The van der Waals surface area contributed by atoms with Gasteiger partial charge in [-0.05, 0) is 60.9 Å². The highest BCUT2D eigenvalue weighted by Crippen LogP contribution is 2.24. The summed E-state index contributed by atoms with van der Waals surface area (Å²) in [5, 5.41) is 8.98. The average molecular weight is 564 g/mol. The van der Waals surface area contributed by atoms with Crippen molar-refractivity contribution in [3.05, 3.63) is 96.6 Å². The Hall–Kier alpha value is -4.72. The van der Waals surface area contributed by atoms with E-state index in [-0.39, 0.29) is 24.4 Å². The molecule has 3 aromatic carbocycles. The number of hydrogen-bond donors (Lipinski definition) is 0. The van der Waals surface area contributed by atoms with Gasteiger partial charge in [-0.2, -0.15) is 0 Å². The minimum Gasteiger partial charge on any atom is -0.497 e. The van der Waals surface area contributed by atoms with E-state index in [9.17, 15) is 9.59 Å². The molecule has 1 unspecified atom stereocenters. The topological polar surface area (TPSA) is 78.9 Å². The van der Waals surface area contributed by atoms with Gasteiger partial charge in [0.25, 0.3) is 5.91 Å². The van der Waals surface area contributed by atoms with Gasteiger partial charge >= 0.3 is 0 Å². The van der Waals surface area contributed by atoms with Crippen LogP contribution >= 0.6 is 0 Å². The summed E-state index contributed by atoms with van der Waals surface area (Å²) in [5.74, 6) is 1.29. The lowest BCUT2D eigenvalue weighted by molar-refractivity contribution is -0.132. The molecule has 0 radical (unpaired) electrons. The van der Waals surface area contributed by atoms with Crippen molar-refractivity contribution in [3.8, 4) is 28.1 Å². The first-order chi connectivity index (χ1) is 20.5. The molecule has 0 saturated carbocycles. The van der Waals surface area contributed by atoms with Crippen LogP contribution in [0.2, 0.25) is 0 Å². The number of amides is 2. The Morgan fingerprint density at radius 2 is 1.45 bits per heavy atom. The van der Waals surface area contributed by atoms with Gasteiger partial charge in [0.2, 0.25) is 5.91 Å². The van der Waals surface area contributed by atoms with Crippen molar-refractivity contribution >= 4 is 17.6 Å². The minimum atomic E-state index is -0.149. The molecule has 1 atom stereocenters. The van der Waals surface area contributed by atoms with Crippen molar-refractivity contribution in [1.82, 2.24) is 20.0 Å². The molecule has 1 aromatic heterocycles. The number of carbonyl (C=O) groups is 2. The summed E-state index contributed by atoms with van der Waals surface area (Å²) in [6.07, 6.45) is 0.759. The molecule has 1 fully saturated rings. The third kappa shape index (κ3) is 6.60. The Balaban J connectivity index is 1.17. The van der Waals surface area contributed by atoms with E-state index in [0.29, 0.717) is 37.5 Å². The smallest absolute Gasteiger partial charge is 0.254 e. The van der Waals surface area contributed by atoms with Crippen molar-refractivity contribution in [2.45, 2.75) is 26.3 Å². The van der Waals surface area contributed by atoms with Gasteiger partial charge in [0.15, 0.2) is 5.82 Å². The molecular weight excluding hydrogens is 526 g/mol. The number of benzene rings is 3. The van der Waals surface area contributed by atoms with Crippen LogP contribution in [0.4, 0.5) is 5.82 Å². The molecule has 2 amide bonds. The fourth-order valence-electron chi connectivity index (χ4n) is 5.09. The molecule has 1 aliphatic heterocycles. The molecule has 0 spiro atoms. The second-order valence-electron chi connectivity index (χ2n) is 10.5. The lowest BCUT2D eigenvalue weighted by Gasteiger charge is -2.37. The van der Waals surface area contributed by atoms with E-state index in [1.54, 1.807) is 36.3 Å². The Morgan fingerprint density at radius 3 is 2.05 bits per heavy atom. The maximum atomic E-state index is 13.3. The maximum absolute atomic E-state index is 13.3. The average Bonchev–Trinajstić information content (AvgIpc) is 3.07. The first kappa shape index (κ1) is 28.8. The van der Waals surface area contributed by atoms with E-state index in [2.05, 4.69) is 51.5 Å². The molecule has 0 bridgehead atoms. The molecule has 8 heteroatoms. The van der Waals surface area contributed by atoms with Crippen molar-refractivity contribution in [1.29, 1.82) is 0 Å². The molecule has 216 valence electrons. The van der Waals surface area contributed by atoms with Gasteiger partial charge in [-0.1, -0.05) is 61.5 Å². The zero-order valence-electron chi connectivity index (χ0n) is 24.4. The Bertz CT molecular complexity index is 1470. The zero-order chi connectivity index (χ0) is 29.5. The third-order valence-corrected chi connectivity index (χ3v) is 7.92. The number of carbonyl (C=O) groups excluding carboxylic acids is 2. The van der Waals surface area contributed by atoms with Gasteiger partial charge in [0.05, 0.1) is 12.8 Å². The number of rotatable bonds is 9. The first-order valence-corrected chi connectivity index (χ1v) is 14.4. The molecule has 42 heavy (non-hydrogen) atoms. The molecule has 8 nitrogen and oxygen atoms in total. The molecule has 1 saturated heterocycles. The number of methoxy groups -OCH3 is 1. The van der Waals surface area contributed by atoms with E-state index in [0.717, 1.165) is 29.1 Å². The van der Waals surface area contributed by atoms with Crippen molar-refractivity contribution < 1.29 is 14.3 Å². The molecule has 5 rings (SSSR count). The monoisotopic (exact) mass is 563 g/mol. The minimum absolute atomic E-state index is 0.0443. The van der Waals surface area contributed by atoms with Crippen LogP contribution < -0.4 is 9.64 Å². The number of aromatic nitrogens is 2. The van der Waals surface area contributed by atoms with Crippen molar-refractivity contribution in [3.63, 3.8) is 0 Å². The summed E-state index contributed by atoms with van der Waals surface area (Å²) >= 11 is 0. The highest BCUT2D eigenvalue weighted by atomic mass is 16.5. The van der Waals surface area contributed by atoms with E-state index in [1.165, 1.54) is 5.56 Å². The lowest BCUT2D eigenvalue weighted by Crippen LogP contribution is -2.53. The van der Waals surface area contributed by atoms with E-state index < -0.39 is 0 Å². The fourth-order valence-corrected chi connectivity index (χ4v) is 5.09. The van der Waals surface area contributed by atoms with Crippen LogP contribution in [0.5, 0.6) is 5.75 Å². The van der Waals surface area contributed by atoms with E-state index in [1.807, 2.05) is 49.1 Å². The quantitative estimate of drug-likeness (QED) is 0.271. The van der Waals surface area contributed by atoms with E-state index in [4.69, 9.17) is 4.74 Å². The Kier molecular flexibility index (Phi) is 9.12. The number of ether oxygens (including phenoxy) is 1. The molecule has 2 heterocycles. The maximum Gasteiger partial charge on any atom is 0.254 e. The highest BCUT2D eigenvalue weighted by Gasteiger charge is 2.28. The van der Waals surface area contributed by atoms with Crippen molar-refractivity contribution in [2.75, 3.05) is 44.7 Å². The van der Waals surface area contributed by atoms with Crippen LogP contribution in [0, 0.1) is 0 Å². The zero-order valence-corrected chi connectivity index (χ0v) is 24.4. The highest BCUT2D eigenvalue weighted by molar-refractivity contribution is 5.97. The number of hydrogen-bond acceptors (Lipinski definition) is 6. The van der Waals surface area contributed by atoms with Gasteiger partial charge in [-0.25, -0.2) is 0 Å². The first-order valence-electron chi connectivity index (χ1n) is 14.4. The second-order valence-corrected chi connectivity index (χ2v) is 10.5. The molecule has 1 aliphatic rings. The van der Waals surface area contributed by atoms with Crippen LogP contribution in [0.25, 0.3) is 22.4 Å². The molecular formula is C34H37N5O3. The van der Waals surface area contributed by atoms with Gasteiger partial charge in [0, 0.05) is 43.3 Å². The largest absolute Gasteiger partial charge is 0.497 e. The number of piperazine rings is 1. The fraction of sp³-hybridized carbons (Fsp3) is 0.294. The van der Waals surface area contributed by atoms with Crippen LogP contribution in [0.15, 0.2) is 91.0 Å². The predicted molar refractivity (Wildman–Crippen MR) is 165 cm³/mol. The van der Waals surface area contributed by atoms with Gasteiger partial charge in [0.1, 0.15) is 12.3 Å².